The predicted molar refractivity (Wildman–Crippen MR) is 115 cm³/mol. The molecule has 0 aromatic heterocycles. The first kappa shape index (κ1) is 20.3. The van der Waals surface area contributed by atoms with Crippen LogP contribution in [0, 0.1) is 13.8 Å². The molecule has 0 amide bonds. The van der Waals surface area contributed by atoms with Crippen LogP contribution < -0.4 is 14.2 Å². The van der Waals surface area contributed by atoms with Gasteiger partial charge in [0.05, 0.1) is 10.6 Å². The summed E-state index contributed by atoms with van der Waals surface area (Å²) >= 11 is 0. The van der Waals surface area contributed by atoms with Gasteiger partial charge in [-0.1, -0.05) is 47.5 Å². The number of nitrogens with one attached hydrogen (secondary N) is 1. The third-order valence-corrected chi connectivity index (χ3v) is 6.36. The minimum atomic E-state index is -3.86. The molecule has 4 rings (SSSR count). The molecule has 7 heteroatoms. The number of aliphatic hydroxyl groups excluding tert-OH is 1. The second-order valence-electron chi connectivity index (χ2n) is 7.31. The Morgan fingerprint density at radius 2 is 1.40 bits per heavy atom. The minimum absolute atomic E-state index is 0.138. The predicted octanol–water partition coefficient (Wildman–Crippen LogP) is 3.96. The zero-order chi connectivity index (χ0) is 21.3. The number of anilines is 1. The van der Waals surface area contributed by atoms with E-state index in [1.165, 1.54) is 0 Å². The fourth-order valence-corrected chi connectivity index (χ4v) is 4.35. The molecule has 0 saturated carbocycles. The van der Waals surface area contributed by atoms with E-state index in [4.69, 9.17) is 9.47 Å². The zero-order valence-corrected chi connectivity index (χ0v) is 17.6. The number of rotatable bonds is 5. The molecular weight excluding hydrogens is 402 g/mol. The summed E-state index contributed by atoms with van der Waals surface area (Å²) in [5.41, 5.74) is 3.30. The van der Waals surface area contributed by atoms with Gasteiger partial charge in [0.25, 0.3) is 10.0 Å². The van der Waals surface area contributed by atoms with E-state index in [0.29, 0.717) is 35.8 Å². The largest absolute Gasteiger partial charge is 0.486 e. The topological polar surface area (TPSA) is 84.9 Å². The lowest BCUT2D eigenvalue weighted by molar-refractivity contribution is 0.170. The molecule has 1 aliphatic heterocycles. The first-order valence-electron chi connectivity index (χ1n) is 9.61. The van der Waals surface area contributed by atoms with E-state index in [1.54, 1.807) is 36.4 Å². The summed E-state index contributed by atoms with van der Waals surface area (Å²) in [6, 6.07) is 17.2. The highest BCUT2D eigenvalue weighted by Gasteiger charge is 2.24. The molecule has 1 heterocycles. The van der Waals surface area contributed by atoms with Crippen molar-refractivity contribution in [3.8, 4) is 11.5 Å². The van der Waals surface area contributed by atoms with Crippen LogP contribution in [0.3, 0.4) is 0 Å². The maximum atomic E-state index is 13.0. The smallest absolute Gasteiger partial charge is 0.261 e. The van der Waals surface area contributed by atoms with Gasteiger partial charge in [-0.15, -0.1) is 0 Å². The van der Waals surface area contributed by atoms with Crippen LogP contribution in [0.15, 0.2) is 65.6 Å². The highest BCUT2D eigenvalue weighted by atomic mass is 32.2. The van der Waals surface area contributed by atoms with Crippen LogP contribution >= 0.6 is 0 Å². The number of aliphatic hydroxyl groups is 1. The van der Waals surface area contributed by atoms with Crippen molar-refractivity contribution in [2.24, 2.45) is 0 Å². The van der Waals surface area contributed by atoms with E-state index in [-0.39, 0.29) is 10.6 Å². The summed E-state index contributed by atoms with van der Waals surface area (Å²) in [7, 11) is -3.86. The molecule has 0 saturated heterocycles. The van der Waals surface area contributed by atoms with Gasteiger partial charge < -0.3 is 14.6 Å². The Kier molecular flexibility index (Phi) is 5.40. The fourth-order valence-electron chi connectivity index (χ4n) is 3.27. The molecule has 0 aliphatic carbocycles. The summed E-state index contributed by atoms with van der Waals surface area (Å²) in [5.74, 6) is 0.906. The summed E-state index contributed by atoms with van der Waals surface area (Å²) in [6.07, 6.45) is -1.04. The van der Waals surface area contributed by atoms with E-state index in [2.05, 4.69) is 4.72 Å². The number of hydrogen-bond acceptors (Lipinski definition) is 5. The molecule has 3 aromatic carbocycles. The van der Waals surface area contributed by atoms with E-state index >= 15 is 0 Å². The van der Waals surface area contributed by atoms with E-state index in [1.807, 2.05) is 38.1 Å². The second kappa shape index (κ2) is 8.01. The molecule has 1 atom stereocenters. The summed E-state index contributed by atoms with van der Waals surface area (Å²) in [4.78, 5) is 0.138. The van der Waals surface area contributed by atoms with Crippen molar-refractivity contribution in [1.82, 2.24) is 0 Å². The molecule has 0 fully saturated rings. The Balaban J connectivity index is 1.77. The third-order valence-electron chi connectivity index (χ3n) is 4.98. The van der Waals surface area contributed by atoms with Gasteiger partial charge in [0.1, 0.15) is 19.3 Å². The first-order valence-corrected chi connectivity index (χ1v) is 11.1. The van der Waals surface area contributed by atoms with Crippen molar-refractivity contribution >= 4 is 15.7 Å². The third kappa shape index (κ3) is 4.13. The fraction of sp³-hybridized carbons (Fsp3) is 0.217. The van der Waals surface area contributed by atoms with E-state index in [9.17, 15) is 13.5 Å². The van der Waals surface area contributed by atoms with Gasteiger partial charge in [-0.2, -0.15) is 0 Å². The second-order valence-corrected chi connectivity index (χ2v) is 9.00. The maximum Gasteiger partial charge on any atom is 0.261 e. The Bertz CT molecular complexity index is 1160. The molecule has 0 unspecified atom stereocenters. The summed E-state index contributed by atoms with van der Waals surface area (Å²) in [5, 5.41) is 11.0. The van der Waals surface area contributed by atoms with Crippen molar-refractivity contribution in [2.45, 2.75) is 24.8 Å². The molecule has 2 N–H and O–H groups in total. The maximum absolute atomic E-state index is 13.0. The van der Waals surface area contributed by atoms with Crippen molar-refractivity contribution in [2.75, 3.05) is 17.9 Å². The lowest BCUT2D eigenvalue weighted by Gasteiger charge is -2.24. The van der Waals surface area contributed by atoms with Crippen molar-refractivity contribution in [3.05, 3.63) is 82.9 Å². The molecule has 30 heavy (non-hydrogen) atoms. The number of fused-ring (bicyclic) bond motifs is 1. The van der Waals surface area contributed by atoms with Crippen LogP contribution in [0.5, 0.6) is 11.5 Å². The summed E-state index contributed by atoms with van der Waals surface area (Å²) < 4.78 is 39.8. The number of hydrogen-bond donors (Lipinski definition) is 2. The zero-order valence-electron chi connectivity index (χ0n) is 16.8. The average molecular weight is 426 g/mol. The molecule has 3 aromatic rings. The highest BCUT2D eigenvalue weighted by molar-refractivity contribution is 7.92. The molecule has 0 bridgehead atoms. The standard InChI is InChI=1S/C23H23NO5S/c1-15-3-7-17(8-4-15)23(25)19-13-21-22(29-12-11-28-21)14-20(19)24-30(26,27)18-9-5-16(2)6-10-18/h3-10,13-14,23-25H,11-12H2,1-2H3/t23-/m1/s1. The number of ether oxygens (including phenoxy) is 2. The highest BCUT2D eigenvalue weighted by Crippen LogP contribution is 2.40. The van der Waals surface area contributed by atoms with Crippen LogP contribution in [-0.4, -0.2) is 26.7 Å². The monoisotopic (exact) mass is 425 g/mol. The number of aryl methyl sites for hydroxylation is 2. The van der Waals surface area contributed by atoms with Crippen LogP contribution in [-0.2, 0) is 10.0 Å². The Labute approximate surface area is 176 Å². The molecule has 0 radical (unpaired) electrons. The molecule has 1 aliphatic rings. The van der Waals surface area contributed by atoms with Gasteiger partial charge >= 0.3 is 0 Å². The van der Waals surface area contributed by atoms with Crippen LogP contribution in [0.25, 0.3) is 0 Å². The van der Waals surface area contributed by atoms with Crippen molar-refractivity contribution < 1.29 is 23.0 Å². The molecule has 156 valence electrons. The number of sulfonamides is 1. The van der Waals surface area contributed by atoms with Gasteiger partial charge in [-0.3, -0.25) is 4.72 Å². The normalized spacial score (nSPS) is 14.2. The Morgan fingerprint density at radius 3 is 2.00 bits per heavy atom. The number of benzene rings is 3. The van der Waals surface area contributed by atoms with Gasteiger partial charge in [-0.25, -0.2) is 8.42 Å². The molecule has 0 spiro atoms. The Morgan fingerprint density at radius 1 is 0.867 bits per heavy atom. The van der Waals surface area contributed by atoms with Gasteiger partial charge in [0.2, 0.25) is 0 Å². The first-order chi connectivity index (χ1) is 14.3. The van der Waals surface area contributed by atoms with Crippen LogP contribution in [0.2, 0.25) is 0 Å². The quantitative estimate of drug-likeness (QED) is 0.646. The van der Waals surface area contributed by atoms with Crippen molar-refractivity contribution in [3.63, 3.8) is 0 Å². The molecule has 6 nitrogen and oxygen atoms in total. The Hall–Kier alpha value is -3.03. The van der Waals surface area contributed by atoms with Gasteiger partial charge in [-0.05, 0) is 37.6 Å². The summed E-state index contributed by atoms with van der Waals surface area (Å²) in [6.45, 7) is 4.61. The van der Waals surface area contributed by atoms with E-state index < -0.39 is 16.1 Å². The average Bonchev–Trinajstić information content (AvgIpc) is 2.73. The molecular formula is C23H23NO5S. The van der Waals surface area contributed by atoms with Gasteiger partial charge in [0.15, 0.2) is 11.5 Å². The van der Waals surface area contributed by atoms with Crippen LogP contribution in [0.4, 0.5) is 5.69 Å². The van der Waals surface area contributed by atoms with Crippen LogP contribution in [0.1, 0.15) is 28.4 Å². The minimum Gasteiger partial charge on any atom is -0.486 e. The van der Waals surface area contributed by atoms with E-state index in [0.717, 1.165) is 11.1 Å². The lowest BCUT2D eigenvalue weighted by atomic mass is 9.98. The van der Waals surface area contributed by atoms with Gasteiger partial charge in [0, 0.05) is 11.6 Å². The lowest BCUT2D eigenvalue weighted by Crippen LogP contribution is -2.19. The van der Waals surface area contributed by atoms with Crippen molar-refractivity contribution in [1.29, 1.82) is 0 Å². The SMILES string of the molecule is Cc1ccc([C@@H](O)c2cc3c(cc2NS(=O)(=O)c2ccc(C)cc2)OCCO3)cc1.